The van der Waals surface area contributed by atoms with Gasteiger partial charge < -0.3 is 5.11 Å². The number of carboxylic acids is 1. The molecule has 7 nitrogen and oxygen atoms in total. The highest BCUT2D eigenvalue weighted by molar-refractivity contribution is 5.74. The standard InChI is InChI=1S/C17H15N3O4/c1-11-4-6-12(7-5-11)9-20-15-13(3-2-8-18-15)19(10-14(21)22)16(23)17(20)24/h2-8H,9-10H2,1H3,(H,21,22). The number of fused-ring (bicyclic) bond motifs is 1. The van der Waals surface area contributed by atoms with Crippen molar-refractivity contribution in [2.75, 3.05) is 0 Å². The third kappa shape index (κ3) is 2.83. The molecular weight excluding hydrogens is 310 g/mol. The summed E-state index contributed by atoms with van der Waals surface area (Å²) in [4.78, 5) is 39.9. The van der Waals surface area contributed by atoms with Crippen LogP contribution >= 0.6 is 0 Å². The minimum atomic E-state index is -1.20. The molecule has 0 atom stereocenters. The van der Waals surface area contributed by atoms with Crippen LogP contribution in [0.3, 0.4) is 0 Å². The summed E-state index contributed by atoms with van der Waals surface area (Å²) < 4.78 is 2.22. The predicted molar refractivity (Wildman–Crippen MR) is 88.2 cm³/mol. The van der Waals surface area contributed by atoms with Gasteiger partial charge in [-0.15, -0.1) is 0 Å². The van der Waals surface area contributed by atoms with Crippen molar-refractivity contribution in [2.24, 2.45) is 0 Å². The summed E-state index contributed by atoms with van der Waals surface area (Å²) in [5, 5.41) is 8.98. The zero-order valence-corrected chi connectivity index (χ0v) is 13.0. The zero-order valence-electron chi connectivity index (χ0n) is 13.0. The van der Waals surface area contributed by atoms with E-state index >= 15 is 0 Å². The third-order valence-corrected chi connectivity index (χ3v) is 3.74. The molecule has 2 aromatic heterocycles. The topological polar surface area (TPSA) is 94.2 Å². The Morgan fingerprint density at radius 3 is 2.42 bits per heavy atom. The smallest absolute Gasteiger partial charge is 0.323 e. The highest BCUT2D eigenvalue weighted by Gasteiger charge is 2.15. The Balaban J connectivity index is 2.23. The van der Waals surface area contributed by atoms with E-state index in [1.807, 2.05) is 31.2 Å². The number of benzene rings is 1. The molecule has 24 heavy (non-hydrogen) atoms. The number of aliphatic carboxylic acids is 1. The fourth-order valence-electron chi connectivity index (χ4n) is 2.56. The summed E-state index contributed by atoms with van der Waals surface area (Å²) in [6.45, 7) is 1.57. The number of nitrogens with zero attached hydrogens (tertiary/aromatic N) is 3. The number of pyridine rings is 1. The van der Waals surface area contributed by atoms with Gasteiger partial charge in [-0.25, -0.2) is 4.98 Å². The van der Waals surface area contributed by atoms with Crippen LogP contribution < -0.4 is 11.1 Å². The van der Waals surface area contributed by atoms with Crippen LogP contribution in [0.25, 0.3) is 11.2 Å². The van der Waals surface area contributed by atoms with Gasteiger partial charge in [0.05, 0.1) is 12.1 Å². The molecule has 0 amide bonds. The lowest BCUT2D eigenvalue weighted by atomic mass is 10.1. The summed E-state index contributed by atoms with van der Waals surface area (Å²) in [7, 11) is 0. The first-order valence-electron chi connectivity index (χ1n) is 7.33. The number of rotatable bonds is 4. The molecule has 0 saturated carbocycles. The molecule has 1 N–H and O–H groups in total. The van der Waals surface area contributed by atoms with Crippen molar-refractivity contribution in [3.05, 3.63) is 74.4 Å². The molecule has 1 aromatic carbocycles. The summed E-state index contributed by atoms with van der Waals surface area (Å²) in [5.41, 5.74) is 0.879. The lowest BCUT2D eigenvalue weighted by molar-refractivity contribution is -0.137. The number of aryl methyl sites for hydroxylation is 1. The van der Waals surface area contributed by atoms with Crippen molar-refractivity contribution in [1.82, 2.24) is 14.1 Å². The fraction of sp³-hybridized carbons (Fsp3) is 0.176. The lowest BCUT2D eigenvalue weighted by Crippen LogP contribution is -2.43. The van der Waals surface area contributed by atoms with Crippen LogP contribution in [-0.4, -0.2) is 25.2 Å². The number of hydrogen-bond acceptors (Lipinski definition) is 4. The lowest BCUT2D eigenvalue weighted by Gasteiger charge is -2.13. The number of carboxylic acid groups (broad SMARTS) is 1. The largest absolute Gasteiger partial charge is 0.480 e. The maximum atomic E-state index is 12.5. The summed E-state index contributed by atoms with van der Waals surface area (Å²) in [5.74, 6) is -1.20. The van der Waals surface area contributed by atoms with Crippen molar-refractivity contribution in [2.45, 2.75) is 20.0 Å². The van der Waals surface area contributed by atoms with Gasteiger partial charge in [-0.2, -0.15) is 0 Å². The van der Waals surface area contributed by atoms with E-state index in [2.05, 4.69) is 4.98 Å². The second-order valence-electron chi connectivity index (χ2n) is 5.51. The van der Waals surface area contributed by atoms with E-state index in [1.165, 1.54) is 10.8 Å². The third-order valence-electron chi connectivity index (χ3n) is 3.74. The van der Waals surface area contributed by atoms with E-state index in [0.717, 1.165) is 15.7 Å². The molecule has 0 saturated heterocycles. The van der Waals surface area contributed by atoms with Crippen molar-refractivity contribution in [3.63, 3.8) is 0 Å². The van der Waals surface area contributed by atoms with E-state index in [0.29, 0.717) is 5.52 Å². The monoisotopic (exact) mass is 325 g/mol. The maximum Gasteiger partial charge on any atom is 0.323 e. The Bertz CT molecular complexity index is 1030. The summed E-state index contributed by atoms with van der Waals surface area (Å²) >= 11 is 0. The van der Waals surface area contributed by atoms with E-state index in [1.54, 1.807) is 12.1 Å². The van der Waals surface area contributed by atoms with Gasteiger partial charge in [0.1, 0.15) is 6.54 Å². The van der Waals surface area contributed by atoms with Gasteiger partial charge in [-0.05, 0) is 24.6 Å². The normalized spacial score (nSPS) is 10.9. The first-order chi connectivity index (χ1) is 11.5. The second kappa shape index (κ2) is 6.11. The highest BCUT2D eigenvalue weighted by atomic mass is 16.4. The Kier molecular flexibility index (Phi) is 3.99. The quantitative estimate of drug-likeness (QED) is 0.722. The first-order valence-corrected chi connectivity index (χ1v) is 7.33. The van der Waals surface area contributed by atoms with Crippen LogP contribution in [-0.2, 0) is 17.9 Å². The highest BCUT2D eigenvalue weighted by Crippen LogP contribution is 2.10. The molecule has 3 rings (SSSR count). The van der Waals surface area contributed by atoms with Gasteiger partial charge in [0.25, 0.3) is 0 Å². The SMILES string of the molecule is Cc1ccc(Cn2c(=O)c(=O)n(CC(=O)O)c3cccnc32)cc1. The Morgan fingerprint density at radius 1 is 1.08 bits per heavy atom. The average molecular weight is 325 g/mol. The molecule has 0 radical (unpaired) electrons. The number of hydrogen-bond donors (Lipinski definition) is 1. The van der Waals surface area contributed by atoms with Gasteiger partial charge in [0.2, 0.25) is 0 Å². The molecule has 0 unspecified atom stereocenters. The Labute approximate surface area is 136 Å². The van der Waals surface area contributed by atoms with Crippen LogP contribution in [0.2, 0.25) is 0 Å². The van der Waals surface area contributed by atoms with E-state index in [9.17, 15) is 14.4 Å². The van der Waals surface area contributed by atoms with Crippen molar-refractivity contribution >= 4 is 17.1 Å². The maximum absolute atomic E-state index is 12.5. The average Bonchev–Trinajstić information content (AvgIpc) is 2.57. The first kappa shape index (κ1) is 15.7. The number of carbonyl (C=O) groups is 1. The van der Waals surface area contributed by atoms with Crippen molar-refractivity contribution < 1.29 is 9.90 Å². The Hall–Kier alpha value is -3.22. The molecule has 0 fully saturated rings. The Morgan fingerprint density at radius 2 is 1.75 bits per heavy atom. The van der Waals surface area contributed by atoms with Gasteiger partial charge in [0.15, 0.2) is 5.65 Å². The summed E-state index contributed by atoms with van der Waals surface area (Å²) in [6.07, 6.45) is 1.50. The second-order valence-corrected chi connectivity index (χ2v) is 5.51. The van der Waals surface area contributed by atoms with Crippen molar-refractivity contribution in [3.8, 4) is 0 Å². The van der Waals surface area contributed by atoms with Gasteiger partial charge >= 0.3 is 17.1 Å². The summed E-state index contributed by atoms with van der Waals surface area (Å²) in [6, 6.07) is 10.8. The molecule has 2 heterocycles. The molecule has 122 valence electrons. The van der Waals surface area contributed by atoms with E-state index in [4.69, 9.17) is 5.11 Å². The molecule has 3 aromatic rings. The molecule has 0 aliphatic heterocycles. The van der Waals surface area contributed by atoms with Gasteiger partial charge in [0, 0.05) is 6.20 Å². The molecule has 0 spiro atoms. The molecule has 0 aliphatic carbocycles. The van der Waals surface area contributed by atoms with E-state index < -0.39 is 23.6 Å². The van der Waals surface area contributed by atoms with E-state index in [-0.39, 0.29) is 12.2 Å². The fourth-order valence-corrected chi connectivity index (χ4v) is 2.56. The van der Waals surface area contributed by atoms with Crippen LogP contribution in [0.1, 0.15) is 11.1 Å². The van der Waals surface area contributed by atoms with Crippen molar-refractivity contribution in [1.29, 1.82) is 0 Å². The van der Waals surface area contributed by atoms with Gasteiger partial charge in [-0.1, -0.05) is 29.8 Å². The van der Waals surface area contributed by atoms with Crippen LogP contribution in [0.4, 0.5) is 0 Å². The minimum Gasteiger partial charge on any atom is -0.480 e. The van der Waals surface area contributed by atoms with Crippen LogP contribution in [0.5, 0.6) is 0 Å². The predicted octanol–water partition coefficient (Wildman–Crippen LogP) is 1.000. The zero-order chi connectivity index (χ0) is 17.3. The molecule has 0 aliphatic rings. The minimum absolute atomic E-state index is 0.190. The van der Waals surface area contributed by atoms with Gasteiger partial charge in [-0.3, -0.25) is 23.5 Å². The van der Waals surface area contributed by atoms with Crippen LogP contribution in [0, 0.1) is 6.92 Å². The van der Waals surface area contributed by atoms with Crippen LogP contribution in [0.15, 0.2) is 52.2 Å². The molecule has 7 heteroatoms. The molecular formula is C17H15N3O4. The molecule has 0 bridgehead atoms. The number of aromatic nitrogens is 3.